The number of benzene rings is 2. The maximum Gasteiger partial charge on any atom is 0.310 e. The summed E-state index contributed by atoms with van der Waals surface area (Å²) in [5.74, 6) is -0.732. The molecule has 0 aliphatic carbocycles. The number of Topliss-reactive ketones (excluding diaryl/α,β-unsaturated/α-hetero) is 1. The van der Waals surface area contributed by atoms with Gasteiger partial charge in [-0.1, -0.05) is 18.2 Å². The fourth-order valence-corrected chi connectivity index (χ4v) is 4.51. The summed E-state index contributed by atoms with van der Waals surface area (Å²) in [6, 6.07) is 10.7. The summed E-state index contributed by atoms with van der Waals surface area (Å²) in [7, 11) is -3.32. The molecule has 3 rings (SSSR count). The molecule has 0 spiro atoms. The maximum atomic E-state index is 12.4. The van der Waals surface area contributed by atoms with Crippen molar-refractivity contribution in [2.45, 2.75) is 33.6 Å². The Balaban J connectivity index is 1.61. The van der Waals surface area contributed by atoms with E-state index in [9.17, 15) is 18.0 Å². The number of ether oxygens (including phenoxy) is 1. The van der Waals surface area contributed by atoms with Gasteiger partial charge in [0.05, 0.1) is 17.9 Å². The van der Waals surface area contributed by atoms with E-state index in [0.29, 0.717) is 24.2 Å². The maximum absolute atomic E-state index is 12.4. The van der Waals surface area contributed by atoms with Crippen LogP contribution >= 0.6 is 0 Å². The van der Waals surface area contributed by atoms with Crippen LogP contribution < -0.4 is 4.31 Å². The Kier molecular flexibility index (Phi) is 6.07. The molecule has 0 aromatic heterocycles. The summed E-state index contributed by atoms with van der Waals surface area (Å²) >= 11 is 0. The molecule has 0 saturated heterocycles. The quantitative estimate of drug-likeness (QED) is 0.513. The third-order valence-corrected chi connectivity index (χ3v) is 7.02. The van der Waals surface area contributed by atoms with Gasteiger partial charge in [-0.3, -0.25) is 13.9 Å². The zero-order valence-electron chi connectivity index (χ0n) is 16.9. The Morgan fingerprint density at radius 2 is 1.83 bits per heavy atom. The molecule has 0 N–H and O–H groups in total. The van der Waals surface area contributed by atoms with Crippen molar-refractivity contribution in [2.24, 2.45) is 0 Å². The number of fused-ring (bicyclic) bond motifs is 1. The van der Waals surface area contributed by atoms with Crippen molar-refractivity contribution in [2.75, 3.05) is 23.2 Å². The number of hydrogen-bond acceptors (Lipinski definition) is 5. The van der Waals surface area contributed by atoms with Gasteiger partial charge in [0.1, 0.15) is 0 Å². The van der Waals surface area contributed by atoms with Crippen LogP contribution in [0, 0.1) is 13.8 Å². The predicted octanol–water partition coefficient (Wildman–Crippen LogP) is 2.98. The molecule has 1 heterocycles. The van der Waals surface area contributed by atoms with E-state index < -0.39 is 16.0 Å². The zero-order valence-corrected chi connectivity index (χ0v) is 17.7. The van der Waals surface area contributed by atoms with Crippen LogP contribution in [0.4, 0.5) is 5.69 Å². The van der Waals surface area contributed by atoms with Crippen molar-refractivity contribution in [3.8, 4) is 0 Å². The smallest absolute Gasteiger partial charge is 0.310 e. The lowest BCUT2D eigenvalue weighted by atomic mass is 10.0. The third kappa shape index (κ3) is 4.67. The van der Waals surface area contributed by atoms with Crippen molar-refractivity contribution in [1.82, 2.24) is 0 Å². The van der Waals surface area contributed by atoms with Crippen molar-refractivity contribution < 1.29 is 22.7 Å². The molecule has 0 amide bonds. The van der Waals surface area contributed by atoms with Gasteiger partial charge in [-0.2, -0.15) is 0 Å². The van der Waals surface area contributed by atoms with Crippen molar-refractivity contribution in [3.63, 3.8) is 0 Å². The molecule has 7 heteroatoms. The van der Waals surface area contributed by atoms with Crippen LogP contribution in [0.25, 0.3) is 0 Å². The van der Waals surface area contributed by atoms with Crippen LogP contribution in [0.2, 0.25) is 0 Å². The van der Waals surface area contributed by atoms with Gasteiger partial charge >= 0.3 is 5.97 Å². The number of carbonyl (C=O) groups excluding carboxylic acids is 2. The SMILES string of the molecule is CCS(=O)(=O)N1CCc2cc(C(=O)COC(=O)Cc3ccc(C)c(C)c3)ccc21. The van der Waals surface area contributed by atoms with Crippen LogP contribution in [0.15, 0.2) is 36.4 Å². The van der Waals surface area contributed by atoms with E-state index in [2.05, 4.69) is 0 Å². The standard InChI is InChI=1S/C22H25NO5S/c1-4-29(26,27)23-10-9-18-13-19(7-8-20(18)23)21(24)14-28-22(25)12-17-6-5-15(2)16(3)11-17/h5-8,11,13H,4,9-10,12,14H2,1-3H3. The Morgan fingerprint density at radius 3 is 2.52 bits per heavy atom. The number of aryl methyl sites for hydroxylation is 2. The molecule has 0 radical (unpaired) electrons. The minimum Gasteiger partial charge on any atom is -0.457 e. The summed E-state index contributed by atoms with van der Waals surface area (Å²) in [4.78, 5) is 24.5. The second-order valence-electron chi connectivity index (χ2n) is 7.25. The van der Waals surface area contributed by atoms with Gasteiger partial charge in [-0.25, -0.2) is 8.42 Å². The van der Waals surface area contributed by atoms with Gasteiger partial charge in [-0.05, 0) is 67.6 Å². The number of ketones is 1. The first kappa shape index (κ1) is 21.0. The highest BCUT2D eigenvalue weighted by molar-refractivity contribution is 7.92. The molecule has 0 unspecified atom stereocenters. The second kappa shape index (κ2) is 8.37. The second-order valence-corrected chi connectivity index (χ2v) is 9.43. The lowest BCUT2D eigenvalue weighted by Crippen LogP contribution is -2.30. The minimum atomic E-state index is -3.32. The van der Waals surface area contributed by atoms with Crippen molar-refractivity contribution in [3.05, 3.63) is 64.2 Å². The molecule has 0 saturated carbocycles. The first-order valence-corrected chi connectivity index (χ1v) is 11.2. The number of esters is 1. The van der Waals surface area contributed by atoms with Crippen LogP contribution in [-0.4, -0.2) is 39.1 Å². The summed E-state index contributed by atoms with van der Waals surface area (Å²) in [6.45, 7) is 5.64. The van der Waals surface area contributed by atoms with Gasteiger partial charge in [0.2, 0.25) is 10.0 Å². The molecule has 6 nitrogen and oxygen atoms in total. The molecular weight excluding hydrogens is 390 g/mol. The Hall–Kier alpha value is -2.67. The molecule has 0 bridgehead atoms. The van der Waals surface area contributed by atoms with E-state index in [1.807, 2.05) is 32.0 Å². The summed E-state index contributed by atoms with van der Waals surface area (Å²) in [5, 5.41) is 0. The average molecular weight is 416 g/mol. The summed E-state index contributed by atoms with van der Waals surface area (Å²) < 4.78 is 30.8. The van der Waals surface area contributed by atoms with Crippen LogP contribution in [0.1, 0.15) is 39.5 Å². The van der Waals surface area contributed by atoms with E-state index in [-0.39, 0.29) is 24.6 Å². The van der Waals surface area contributed by atoms with Gasteiger partial charge in [0, 0.05) is 12.1 Å². The monoisotopic (exact) mass is 415 g/mol. The van der Waals surface area contributed by atoms with Crippen LogP contribution in [0.5, 0.6) is 0 Å². The first-order valence-electron chi connectivity index (χ1n) is 9.59. The molecule has 154 valence electrons. The highest BCUT2D eigenvalue weighted by Gasteiger charge is 2.28. The summed E-state index contributed by atoms with van der Waals surface area (Å²) in [5.41, 5.74) is 4.95. The van der Waals surface area contributed by atoms with Crippen LogP contribution in [-0.2, 0) is 32.4 Å². The van der Waals surface area contributed by atoms with Crippen molar-refractivity contribution >= 4 is 27.5 Å². The number of sulfonamides is 1. The van der Waals surface area contributed by atoms with E-state index in [0.717, 1.165) is 22.3 Å². The normalized spacial score (nSPS) is 13.3. The summed E-state index contributed by atoms with van der Waals surface area (Å²) in [6.07, 6.45) is 0.671. The van der Waals surface area contributed by atoms with Crippen molar-refractivity contribution in [1.29, 1.82) is 0 Å². The average Bonchev–Trinajstić information content (AvgIpc) is 3.13. The minimum absolute atomic E-state index is 0.0313. The topological polar surface area (TPSA) is 80.8 Å². The molecule has 2 aromatic rings. The molecule has 29 heavy (non-hydrogen) atoms. The zero-order chi connectivity index (χ0) is 21.2. The number of hydrogen-bond donors (Lipinski definition) is 0. The molecule has 0 fully saturated rings. The molecule has 2 aromatic carbocycles. The third-order valence-electron chi connectivity index (χ3n) is 5.24. The number of anilines is 1. The highest BCUT2D eigenvalue weighted by Crippen LogP contribution is 2.31. The number of rotatable bonds is 7. The van der Waals surface area contributed by atoms with E-state index in [1.165, 1.54) is 4.31 Å². The highest BCUT2D eigenvalue weighted by atomic mass is 32.2. The Labute approximate surface area is 171 Å². The molecular formula is C22H25NO5S. The number of nitrogens with zero attached hydrogens (tertiary/aromatic N) is 1. The van der Waals surface area contributed by atoms with E-state index in [4.69, 9.17) is 4.74 Å². The van der Waals surface area contributed by atoms with Crippen LogP contribution in [0.3, 0.4) is 0 Å². The lowest BCUT2D eigenvalue weighted by Gasteiger charge is -2.18. The Morgan fingerprint density at radius 1 is 1.07 bits per heavy atom. The lowest BCUT2D eigenvalue weighted by molar-refractivity contribution is -0.141. The van der Waals surface area contributed by atoms with E-state index in [1.54, 1.807) is 25.1 Å². The fourth-order valence-electron chi connectivity index (χ4n) is 3.35. The molecule has 1 aliphatic rings. The predicted molar refractivity (Wildman–Crippen MR) is 112 cm³/mol. The fraction of sp³-hybridized carbons (Fsp3) is 0.364. The van der Waals surface area contributed by atoms with Gasteiger partial charge in [0.25, 0.3) is 0 Å². The Bertz CT molecular complexity index is 1060. The number of carbonyl (C=O) groups is 2. The first-order chi connectivity index (χ1) is 13.7. The molecule has 0 atom stereocenters. The van der Waals surface area contributed by atoms with Gasteiger partial charge in [-0.15, -0.1) is 0 Å². The van der Waals surface area contributed by atoms with E-state index >= 15 is 0 Å². The molecule has 1 aliphatic heterocycles. The largest absolute Gasteiger partial charge is 0.457 e. The van der Waals surface area contributed by atoms with Gasteiger partial charge in [0.15, 0.2) is 12.4 Å². The van der Waals surface area contributed by atoms with Gasteiger partial charge < -0.3 is 4.74 Å².